The maximum Gasteiger partial charge on any atom is 0.466 e. The van der Waals surface area contributed by atoms with Crippen LogP contribution in [0.3, 0.4) is 0 Å². The van der Waals surface area contributed by atoms with E-state index in [9.17, 15) is 33.0 Å². The van der Waals surface area contributed by atoms with E-state index in [2.05, 4.69) is 0 Å². The predicted molar refractivity (Wildman–Crippen MR) is 102 cm³/mol. The molecule has 13 N–H and O–H groups in total. The monoisotopic (exact) mass is 606 g/mol. The molecule has 1 aliphatic heterocycles. The molecule has 1 fully saturated rings. The fraction of sp³-hybridized carbons (Fsp3) is 0.600. The van der Waals surface area contributed by atoms with Crippen molar-refractivity contribution in [3.05, 3.63) is 33.1 Å². The maximum absolute atomic E-state index is 13.1. The van der Waals surface area contributed by atoms with Crippen molar-refractivity contribution in [2.45, 2.75) is 30.2 Å². The van der Waals surface area contributed by atoms with Crippen molar-refractivity contribution in [2.24, 2.45) is 0 Å². The highest BCUT2D eigenvalue weighted by atomic mass is 31.2. The van der Waals surface area contributed by atoms with Crippen LogP contribution in [-0.4, -0.2) is 99.5 Å². The van der Waals surface area contributed by atoms with E-state index in [-0.39, 0.29) is 4.57 Å². The van der Waals surface area contributed by atoms with Crippen molar-refractivity contribution < 1.29 is 91.0 Å². The highest BCUT2D eigenvalue weighted by Crippen LogP contribution is 2.47. The standard InChI is InChI=1S/C10H11F3N2O6.3H3O4P/c11-10(12,13)9(20)6(18)4(3-16)21-7(9)15-2-1-5(17)14-8(15)19;3*1-5(2,3)4/h1-2,4,6-7,16,18,20H,3H2,(H,14,17,19);3*(H3,1,2,3,4)/t4-,6-,7-,9+;;;/m1.../s1. The zero-order chi connectivity index (χ0) is 29.5. The normalized spacial score (nSPS) is 24.4. The van der Waals surface area contributed by atoms with Crippen LogP contribution < -0.4 is 11.2 Å². The fourth-order valence-corrected chi connectivity index (χ4v) is 2.11. The number of nitrogens with zero attached hydrogens (tertiary/aromatic N) is 1. The molecular formula is C10H20F3N2O18P3. The molecule has 1 aliphatic rings. The van der Waals surface area contributed by atoms with E-state index in [1.54, 1.807) is 4.98 Å². The summed E-state index contributed by atoms with van der Waals surface area (Å²) in [5.74, 6) is 0. The molecule has 2 rings (SSSR count). The number of H-pyrrole nitrogens is 1. The van der Waals surface area contributed by atoms with Gasteiger partial charge in [0.15, 0.2) is 6.23 Å². The lowest BCUT2D eigenvalue weighted by Crippen LogP contribution is -2.58. The summed E-state index contributed by atoms with van der Waals surface area (Å²) in [7, 11) is -13.9. The van der Waals surface area contributed by atoms with Crippen LogP contribution in [0.15, 0.2) is 21.9 Å². The van der Waals surface area contributed by atoms with Gasteiger partial charge in [0, 0.05) is 12.3 Å². The van der Waals surface area contributed by atoms with Gasteiger partial charge < -0.3 is 64.1 Å². The average molecular weight is 606 g/mol. The minimum atomic E-state index is -5.35. The molecule has 0 aliphatic carbocycles. The van der Waals surface area contributed by atoms with Gasteiger partial charge in [0.05, 0.1) is 6.61 Å². The molecule has 0 saturated carbocycles. The van der Waals surface area contributed by atoms with Gasteiger partial charge in [-0.25, -0.2) is 18.5 Å². The van der Waals surface area contributed by atoms with E-state index in [1.165, 1.54) is 0 Å². The van der Waals surface area contributed by atoms with Gasteiger partial charge >= 0.3 is 35.3 Å². The number of alkyl halides is 3. The van der Waals surface area contributed by atoms with Crippen LogP contribution in [-0.2, 0) is 18.4 Å². The number of phosphoric acid groups is 3. The number of hydrogen-bond acceptors (Lipinski definition) is 9. The van der Waals surface area contributed by atoms with Crippen molar-refractivity contribution in [3.8, 4) is 0 Å². The summed E-state index contributed by atoms with van der Waals surface area (Å²) in [5, 5.41) is 28.3. The topological polar surface area (TPSA) is 358 Å². The van der Waals surface area contributed by atoms with Crippen LogP contribution in [0.25, 0.3) is 0 Å². The molecule has 36 heavy (non-hydrogen) atoms. The van der Waals surface area contributed by atoms with Crippen molar-refractivity contribution in [2.75, 3.05) is 6.61 Å². The Labute approximate surface area is 194 Å². The SMILES string of the molecule is O=P(O)(O)O.O=P(O)(O)O.O=P(O)(O)O.O=c1ccn([C@@H]2O[C@H](CO)[C@@H](O)[C@@]2(O)C(F)(F)F)c(=O)[nH]1. The third kappa shape index (κ3) is 15.0. The molecule has 0 unspecified atom stereocenters. The molecule has 0 spiro atoms. The van der Waals surface area contributed by atoms with Gasteiger partial charge in [-0.15, -0.1) is 0 Å². The van der Waals surface area contributed by atoms with E-state index in [4.69, 9.17) is 67.6 Å². The van der Waals surface area contributed by atoms with Gasteiger partial charge in [-0.05, 0) is 0 Å². The number of nitrogens with one attached hydrogen (secondary N) is 1. The van der Waals surface area contributed by atoms with Crippen molar-refractivity contribution in [1.29, 1.82) is 0 Å². The number of halogens is 3. The molecule has 1 aromatic heterocycles. The lowest BCUT2D eigenvalue weighted by atomic mass is 9.93. The van der Waals surface area contributed by atoms with Gasteiger partial charge in [0.25, 0.3) is 5.56 Å². The first kappa shape index (κ1) is 36.8. The second-order valence-electron chi connectivity index (χ2n) is 6.03. The van der Waals surface area contributed by atoms with E-state index < -0.39 is 71.5 Å². The van der Waals surface area contributed by atoms with Gasteiger partial charge in [-0.3, -0.25) is 14.3 Å². The minimum Gasteiger partial charge on any atom is -0.394 e. The number of hydrogen-bond donors (Lipinski definition) is 13. The van der Waals surface area contributed by atoms with Crippen molar-refractivity contribution in [3.63, 3.8) is 0 Å². The number of aromatic amines is 1. The summed E-state index contributed by atoms with van der Waals surface area (Å²) in [6, 6.07) is 0.750. The Bertz CT molecular complexity index is 1020. The van der Waals surface area contributed by atoms with Gasteiger partial charge in [-0.2, -0.15) is 13.2 Å². The van der Waals surface area contributed by atoms with Crippen LogP contribution in [0, 0.1) is 0 Å². The largest absolute Gasteiger partial charge is 0.466 e. The molecule has 1 aromatic rings. The van der Waals surface area contributed by atoms with Crippen molar-refractivity contribution >= 4 is 23.5 Å². The molecule has 0 bridgehead atoms. The second kappa shape index (κ2) is 13.4. The van der Waals surface area contributed by atoms with Gasteiger partial charge in [0.2, 0.25) is 5.60 Å². The molecule has 0 aromatic carbocycles. The lowest BCUT2D eigenvalue weighted by molar-refractivity contribution is -0.304. The molecule has 2 heterocycles. The average Bonchev–Trinajstić information content (AvgIpc) is 2.83. The molecule has 4 atom stereocenters. The van der Waals surface area contributed by atoms with Crippen LogP contribution in [0.2, 0.25) is 0 Å². The summed E-state index contributed by atoms with van der Waals surface area (Å²) in [5.41, 5.74) is -5.94. The first-order valence-electron chi connectivity index (χ1n) is 8.02. The quantitative estimate of drug-likeness (QED) is 0.141. The van der Waals surface area contributed by atoms with Crippen LogP contribution in [0.1, 0.15) is 6.23 Å². The van der Waals surface area contributed by atoms with Crippen LogP contribution in [0.4, 0.5) is 13.2 Å². The van der Waals surface area contributed by atoms with E-state index in [0.29, 0.717) is 6.20 Å². The first-order chi connectivity index (χ1) is 15.6. The number of rotatable bonds is 2. The molecule has 20 nitrogen and oxygen atoms in total. The summed E-state index contributed by atoms with van der Waals surface area (Å²) < 4.78 is 71.0. The Morgan fingerprint density at radius 3 is 1.58 bits per heavy atom. The summed E-state index contributed by atoms with van der Waals surface area (Å²) in [6.07, 6.45) is -11.3. The lowest BCUT2D eigenvalue weighted by Gasteiger charge is -2.33. The molecule has 0 radical (unpaired) electrons. The van der Waals surface area contributed by atoms with Crippen LogP contribution >= 0.6 is 23.5 Å². The minimum absolute atomic E-state index is 0.285. The zero-order valence-electron chi connectivity index (χ0n) is 16.8. The molecule has 26 heteroatoms. The number of ether oxygens (including phenoxy) is 1. The third-order valence-electron chi connectivity index (χ3n) is 3.22. The van der Waals surface area contributed by atoms with E-state index in [1.807, 2.05) is 0 Å². The Morgan fingerprint density at radius 2 is 1.31 bits per heavy atom. The molecule has 0 amide bonds. The Hall–Kier alpha value is -1.36. The first-order valence-corrected chi connectivity index (χ1v) is 12.7. The fourth-order valence-electron chi connectivity index (χ4n) is 2.11. The Balaban J connectivity index is 0. The molecular weight excluding hydrogens is 586 g/mol. The summed E-state index contributed by atoms with van der Waals surface area (Å²) in [6.45, 7) is -1.01. The smallest absolute Gasteiger partial charge is 0.394 e. The zero-order valence-corrected chi connectivity index (χ0v) is 19.5. The van der Waals surface area contributed by atoms with Gasteiger partial charge in [-0.1, -0.05) is 0 Å². The third-order valence-corrected chi connectivity index (χ3v) is 3.22. The van der Waals surface area contributed by atoms with E-state index >= 15 is 0 Å². The number of aromatic nitrogens is 2. The van der Waals surface area contributed by atoms with Gasteiger partial charge in [0.1, 0.15) is 12.2 Å². The predicted octanol–water partition coefficient (Wildman–Crippen LogP) is -4.71. The Kier molecular flexibility index (Phi) is 13.7. The molecule has 1 saturated heterocycles. The second-order valence-corrected chi connectivity index (χ2v) is 9.11. The summed E-state index contributed by atoms with van der Waals surface area (Å²) >= 11 is 0. The highest BCUT2D eigenvalue weighted by molar-refractivity contribution is 7.45. The van der Waals surface area contributed by atoms with E-state index in [0.717, 1.165) is 6.07 Å². The number of aliphatic hydroxyl groups is 3. The highest BCUT2D eigenvalue weighted by Gasteiger charge is 2.70. The van der Waals surface area contributed by atoms with Crippen molar-refractivity contribution in [1.82, 2.24) is 9.55 Å². The number of aliphatic hydroxyl groups excluding tert-OH is 2. The maximum atomic E-state index is 13.1. The summed E-state index contributed by atoms with van der Waals surface area (Å²) in [4.78, 5) is 88.9. The molecule has 214 valence electrons. The van der Waals surface area contributed by atoms with Crippen LogP contribution in [0.5, 0.6) is 0 Å². The Morgan fingerprint density at radius 1 is 0.944 bits per heavy atom.